The van der Waals surface area contributed by atoms with Crippen LogP contribution in [0.5, 0.6) is 0 Å². The van der Waals surface area contributed by atoms with Crippen LogP contribution >= 0.6 is 11.6 Å². The highest BCUT2D eigenvalue weighted by molar-refractivity contribution is 6.22. The molecule has 1 saturated heterocycles. The molecule has 7 heteroatoms. The van der Waals surface area contributed by atoms with E-state index in [1.54, 1.807) is 27.7 Å². The Bertz CT molecular complexity index is 380. The Morgan fingerprint density at radius 1 is 1.00 bits per heavy atom. The quantitative estimate of drug-likeness (QED) is 0.566. The van der Waals surface area contributed by atoms with Gasteiger partial charge in [-0.2, -0.15) is 0 Å². The third-order valence-electron chi connectivity index (χ3n) is 3.11. The molecule has 0 radical (unpaired) electrons. The van der Waals surface area contributed by atoms with Crippen molar-refractivity contribution in [3.05, 3.63) is 0 Å². The lowest BCUT2D eigenvalue weighted by molar-refractivity contribution is -0.167. The number of hydrogen-bond donors (Lipinski definition) is 0. The minimum Gasteiger partial charge on any atom is -0.461 e. The molecule has 0 bridgehead atoms. The van der Waals surface area contributed by atoms with Gasteiger partial charge in [-0.05, 0) is 34.1 Å². The van der Waals surface area contributed by atoms with Gasteiger partial charge in [-0.1, -0.05) is 0 Å². The lowest BCUT2D eigenvalue weighted by Crippen LogP contribution is -2.40. The number of ether oxygens (including phenoxy) is 4. The Labute approximate surface area is 129 Å². The Morgan fingerprint density at radius 2 is 1.38 bits per heavy atom. The fraction of sp³-hybridized carbons (Fsp3) is 0.857. The van der Waals surface area contributed by atoms with Gasteiger partial charge >= 0.3 is 11.9 Å². The Hall–Kier alpha value is -0.850. The van der Waals surface area contributed by atoms with Crippen molar-refractivity contribution in [3.8, 4) is 0 Å². The van der Waals surface area contributed by atoms with Gasteiger partial charge in [-0.3, -0.25) is 0 Å². The van der Waals surface area contributed by atoms with Crippen LogP contribution in [0, 0.1) is 5.92 Å². The molecule has 21 heavy (non-hydrogen) atoms. The van der Waals surface area contributed by atoms with Crippen LogP contribution in [0.1, 0.15) is 34.1 Å². The normalized spacial score (nSPS) is 32.5. The summed E-state index contributed by atoms with van der Waals surface area (Å²) in [6, 6.07) is 0. The number of carbonyl (C=O) groups is 2. The maximum absolute atomic E-state index is 12.1. The maximum Gasteiger partial charge on any atom is 0.339 e. The molecule has 2 fully saturated rings. The number of rotatable bonds is 5. The third-order valence-corrected chi connectivity index (χ3v) is 3.61. The number of esters is 2. The van der Waals surface area contributed by atoms with Crippen molar-refractivity contribution in [3.63, 3.8) is 0 Å². The molecule has 0 aromatic heterocycles. The molecular weight excluding hydrogens is 300 g/mol. The molecule has 1 saturated carbocycles. The zero-order valence-corrected chi connectivity index (χ0v) is 13.3. The van der Waals surface area contributed by atoms with Gasteiger partial charge in [0.25, 0.3) is 0 Å². The molecule has 120 valence electrons. The van der Waals surface area contributed by atoms with Gasteiger partial charge in [-0.25, -0.2) is 9.59 Å². The summed E-state index contributed by atoms with van der Waals surface area (Å²) >= 11 is 5.96. The van der Waals surface area contributed by atoms with E-state index in [0.717, 1.165) is 6.42 Å². The van der Waals surface area contributed by atoms with Crippen molar-refractivity contribution >= 4 is 23.5 Å². The molecule has 6 nitrogen and oxygen atoms in total. The zero-order valence-electron chi connectivity index (χ0n) is 12.6. The summed E-state index contributed by atoms with van der Waals surface area (Å²) in [5, 5.41) is -0.0448. The fourth-order valence-corrected chi connectivity index (χ4v) is 2.41. The molecule has 2 rings (SSSR count). The minimum atomic E-state index is -1.10. The molecular formula is C14H21ClO6. The summed E-state index contributed by atoms with van der Waals surface area (Å²) in [7, 11) is 0. The van der Waals surface area contributed by atoms with Gasteiger partial charge in [0.15, 0.2) is 18.5 Å². The van der Waals surface area contributed by atoms with Crippen molar-refractivity contribution in [2.75, 3.05) is 0 Å². The first-order valence-corrected chi connectivity index (χ1v) is 7.59. The summed E-state index contributed by atoms with van der Waals surface area (Å²) in [5.41, 5.74) is 0. The molecule has 1 aliphatic carbocycles. The van der Waals surface area contributed by atoms with E-state index >= 15 is 0 Å². The molecule has 0 amide bonds. The molecule has 0 N–H and O–H groups in total. The Morgan fingerprint density at radius 3 is 1.67 bits per heavy atom. The van der Waals surface area contributed by atoms with Crippen molar-refractivity contribution in [2.45, 2.75) is 70.2 Å². The van der Waals surface area contributed by atoms with E-state index in [2.05, 4.69) is 0 Å². The highest BCUT2D eigenvalue weighted by Gasteiger charge is 2.54. The molecule has 4 atom stereocenters. The smallest absolute Gasteiger partial charge is 0.339 e. The standard InChI is InChI=1S/C14H21ClO6/c1-6(2)18-12(16)10-11(13(17)19-7(3)4)21-14(20-10)8-5-9(8)15/h6-11,14H,5H2,1-4H3/t8-,9-,10-,11-/m1/s1. The first-order valence-electron chi connectivity index (χ1n) is 7.15. The average Bonchev–Trinajstić information content (AvgIpc) is 2.90. The highest BCUT2D eigenvalue weighted by atomic mass is 35.5. The zero-order chi connectivity index (χ0) is 15.7. The predicted octanol–water partition coefficient (Wildman–Crippen LogP) is 1.63. The Kier molecular flexibility index (Phi) is 5.11. The Balaban J connectivity index is 2.05. The van der Waals surface area contributed by atoms with Crippen molar-refractivity contribution in [1.82, 2.24) is 0 Å². The second-order valence-corrected chi connectivity index (χ2v) is 6.43. The molecule has 0 unspecified atom stereocenters. The van der Waals surface area contributed by atoms with Crippen molar-refractivity contribution in [1.29, 1.82) is 0 Å². The first kappa shape index (κ1) is 16.5. The van der Waals surface area contributed by atoms with Crippen LogP contribution in [-0.4, -0.2) is 48.0 Å². The van der Waals surface area contributed by atoms with E-state index in [-0.39, 0.29) is 23.5 Å². The van der Waals surface area contributed by atoms with E-state index in [0.29, 0.717) is 0 Å². The summed E-state index contributed by atoms with van der Waals surface area (Å²) in [5.74, 6) is -1.24. The number of hydrogen-bond acceptors (Lipinski definition) is 6. The fourth-order valence-electron chi connectivity index (χ4n) is 2.09. The molecule has 0 aromatic carbocycles. The van der Waals surface area contributed by atoms with Crippen LogP contribution < -0.4 is 0 Å². The van der Waals surface area contributed by atoms with Gasteiger partial charge < -0.3 is 18.9 Å². The highest BCUT2D eigenvalue weighted by Crippen LogP contribution is 2.44. The van der Waals surface area contributed by atoms with Gasteiger partial charge in [0, 0.05) is 11.3 Å². The van der Waals surface area contributed by atoms with Crippen molar-refractivity contribution in [2.24, 2.45) is 5.92 Å². The number of carbonyl (C=O) groups excluding carboxylic acids is 2. The lowest BCUT2D eigenvalue weighted by Gasteiger charge is -2.17. The van der Waals surface area contributed by atoms with Crippen LogP contribution in [0.15, 0.2) is 0 Å². The molecule has 1 heterocycles. The van der Waals surface area contributed by atoms with Crippen LogP contribution in [0.3, 0.4) is 0 Å². The van der Waals surface area contributed by atoms with E-state index in [9.17, 15) is 9.59 Å². The maximum atomic E-state index is 12.1. The van der Waals surface area contributed by atoms with E-state index < -0.39 is 30.4 Å². The van der Waals surface area contributed by atoms with E-state index in [4.69, 9.17) is 30.5 Å². The largest absolute Gasteiger partial charge is 0.461 e. The predicted molar refractivity (Wildman–Crippen MR) is 73.7 cm³/mol. The molecule has 2 aliphatic rings. The summed E-state index contributed by atoms with van der Waals surface area (Å²) in [6.45, 7) is 6.90. The van der Waals surface area contributed by atoms with Crippen LogP contribution in [0.4, 0.5) is 0 Å². The lowest BCUT2D eigenvalue weighted by atomic mass is 10.2. The topological polar surface area (TPSA) is 71.1 Å². The first-order chi connectivity index (χ1) is 9.79. The van der Waals surface area contributed by atoms with Gasteiger partial charge in [0.2, 0.25) is 0 Å². The van der Waals surface area contributed by atoms with Crippen molar-refractivity contribution < 1.29 is 28.5 Å². The third kappa shape index (κ3) is 4.08. The van der Waals surface area contributed by atoms with Crippen LogP contribution in [0.2, 0.25) is 0 Å². The monoisotopic (exact) mass is 320 g/mol. The summed E-state index contributed by atoms with van der Waals surface area (Å²) in [4.78, 5) is 24.1. The second kappa shape index (κ2) is 6.50. The summed E-state index contributed by atoms with van der Waals surface area (Å²) in [6.07, 6.45) is -2.74. The van der Waals surface area contributed by atoms with E-state index in [1.807, 2.05) is 0 Å². The van der Waals surface area contributed by atoms with Gasteiger partial charge in [0.05, 0.1) is 12.2 Å². The van der Waals surface area contributed by atoms with Crippen LogP contribution in [0.25, 0.3) is 0 Å². The molecule has 0 spiro atoms. The number of halogens is 1. The van der Waals surface area contributed by atoms with Crippen LogP contribution in [-0.2, 0) is 28.5 Å². The van der Waals surface area contributed by atoms with Gasteiger partial charge in [-0.15, -0.1) is 11.6 Å². The average molecular weight is 321 g/mol. The van der Waals surface area contributed by atoms with Gasteiger partial charge in [0.1, 0.15) is 0 Å². The summed E-state index contributed by atoms with van der Waals surface area (Å²) < 4.78 is 21.3. The number of alkyl halides is 1. The minimum absolute atomic E-state index is 0.00198. The second-order valence-electron chi connectivity index (χ2n) is 5.87. The SMILES string of the molecule is CC(C)OC(=O)[C@@H]1OC([C@@H]2C[C@H]2Cl)O[C@H]1C(=O)OC(C)C. The molecule has 1 aliphatic heterocycles. The molecule has 0 aromatic rings. The van der Waals surface area contributed by atoms with E-state index in [1.165, 1.54) is 0 Å².